The average Bonchev–Trinajstić information content (AvgIpc) is 2.19. The van der Waals surface area contributed by atoms with E-state index in [1.165, 1.54) is 12.1 Å². The van der Waals surface area contributed by atoms with E-state index < -0.39 is 11.8 Å². The van der Waals surface area contributed by atoms with Gasteiger partial charge in [0.1, 0.15) is 10.1 Å². The molecule has 0 saturated heterocycles. The molecule has 76 valence electrons. The van der Waals surface area contributed by atoms with Gasteiger partial charge in [-0.05, 0) is 28.1 Å². The zero-order valence-electron chi connectivity index (χ0n) is 7.37. The first kappa shape index (κ1) is 10.0. The number of carboxylic acid groups (broad SMARTS) is 1. The first-order chi connectivity index (χ1) is 7.09. The number of nitrogens with zero attached hydrogens (tertiary/aromatic N) is 1. The Morgan fingerprint density at radius 1 is 1.33 bits per heavy atom. The predicted octanol–water partition coefficient (Wildman–Crippen LogP) is 2.83. The van der Waals surface area contributed by atoms with Crippen molar-refractivity contribution in [3.8, 4) is 0 Å². The van der Waals surface area contributed by atoms with Crippen LogP contribution in [-0.4, -0.2) is 16.1 Å². The molecule has 2 rings (SSSR count). The number of benzene rings is 1. The molecule has 1 aromatic carbocycles. The largest absolute Gasteiger partial charge is 0.478 e. The van der Waals surface area contributed by atoms with Crippen molar-refractivity contribution in [2.24, 2.45) is 0 Å². The number of aromatic nitrogens is 1. The number of halogens is 2. The molecule has 0 spiro atoms. The molecule has 3 nitrogen and oxygen atoms in total. The summed E-state index contributed by atoms with van der Waals surface area (Å²) >= 11 is 3.10. The number of aromatic carboxylic acids is 1. The summed E-state index contributed by atoms with van der Waals surface area (Å²) in [7, 11) is 0. The van der Waals surface area contributed by atoms with Crippen molar-refractivity contribution in [2.75, 3.05) is 0 Å². The van der Waals surface area contributed by atoms with Gasteiger partial charge < -0.3 is 5.11 Å². The first-order valence-corrected chi connectivity index (χ1v) is 4.87. The van der Waals surface area contributed by atoms with E-state index in [-0.39, 0.29) is 11.1 Å². The molecule has 0 bridgehead atoms. The quantitative estimate of drug-likeness (QED) is 0.810. The van der Waals surface area contributed by atoms with Crippen molar-refractivity contribution >= 4 is 32.8 Å². The fourth-order valence-electron chi connectivity index (χ4n) is 1.30. The van der Waals surface area contributed by atoms with Crippen LogP contribution >= 0.6 is 15.9 Å². The Morgan fingerprint density at radius 3 is 2.67 bits per heavy atom. The minimum atomic E-state index is -1.30. The van der Waals surface area contributed by atoms with E-state index in [1.54, 1.807) is 12.1 Å². The standard InChI is InChI=1S/C10H5BrFNO2/c11-7-4-2-5-1-3-6(10(14)15)8(12)9(5)13-7/h1-4H,(H,14,15). The molecule has 0 atom stereocenters. The maximum Gasteiger partial charge on any atom is 0.338 e. The van der Waals surface area contributed by atoms with E-state index in [9.17, 15) is 9.18 Å². The van der Waals surface area contributed by atoms with E-state index in [1.807, 2.05) is 0 Å². The van der Waals surface area contributed by atoms with Crippen LogP contribution in [0.4, 0.5) is 4.39 Å². The maximum atomic E-state index is 13.6. The van der Waals surface area contributed by atoms with Crippen LogP contribution in [0.5, 0.6) is 0 Å². The SMILES string of the molecule is O=C(O)c1ccc2ccc(Br)nc2c1F. The van der Waals surface area contributed by atoms with E-state index >= 15 is 0 Å². The highest BCUT2D eigenvalue weighted by atomic mass is 79.9. The smallest absolute Gasteiger partial charge is 0.338 e. The number of fused-ring (bicyclic) bond motifs is 1. The summed E-state index contributed by atoms with van der Waals surface area (Å²) in [4.78, 5) is 14.6. The van der Waals surface area contributed by atoms with Crippen molar-refractivity contribution in [3.05, 3.63) is 40.2 Å². The molecule has 0 saturated carbocycles. The number of carboxylic acids is 1. The molecule has 0 fully saturated rings. The zero-order chi connectivity index (χ0) is 11.0. The summed E-state index contributed by atoms with van der Waals surface area (Å²) in [6, 6.07) is 6.10. The fraction of sp³-hybridized carbons (Fsp3) is 0. The average molecular weight is 270 g/mol. The number of rotatable bonds is 1. The molecule has 0 aliphatic carbocycles. The highest BCUT2D eigenvalue weighted by Gasteiger charge is 2.14. The van der Waals surface area contributed by atoms with Gasteiger partial charge in [-0.3, -0.25) is 0 Å². The Morgan fingerprint density at radius 2 is 2.00 bits per heavy atom. The molecule has 0 aliphatic heterocycles. The van der Waals surface area contributed by atoms with Gasteiger partial charge in [-0.2, -0.15) is 0 Å². The predicted molar refractivity (Wildman–Crippen MR) is 56.4 cm³/mol. The molecular formula is C10H5BrFNO2. The maximum absolute atomic E-state index is 13.6. The Hall–Kier alpha value is -1.49. The van der Waals surface area contributed by atoms with Crippen LogP contribution in [0.2, 0.25) is 0 Å². The van der Waals surface area contributed by atoms with Crippen LogP contribution in [0.3, 0.4) is 0 Å². The molecular weight excluding hydrogens is 265 g/mol. The molecule has 1 aromatic heterocycles. The van der Waals surface area contributed by atoms with Crippen molar-refractivity contribution in [3.63, 3.8) is 0 Å². The third-order valence-corrected chi connectivity index (χ3v) is 2.44. The van der Waals surface area contributed by atoms with Gasteiger partial charge in [-0.1, -0.05) is 12.1 Å². The summed E-state index contributed by atoms with van der Waals surface area (Å²) in [5, 5.41) is 9.29. The van der Waals surface area contributed by atoms with Gasteiger partial charge in [-0.15, -0.1) is 0 Å². The summed E-state index contributed by atoms with van der Waals surface area (Å²) < 4.78 is 14.1. The molecule has 1 heterocycles. The van der Waals surface area contributed by atoms with Crippen LogP contribution in [0, 0.1) is 5.82 Å². The van der Waals surface area contributed by atoms with Gasteiger partial charge in [0.25, 0.3) is 0 Å². The van der Waals surface area contributed by atoms with Gasteiger partial charge in [0.15, 0.2) is 5.82 Å². The molecule has 1 N–H and O–H groups in total. The second kappa shape index (κ2) is 3.58. The lowest BCUT2D eigenvalue weighted by molar-refractivity contribution is 0.0692. The van der Waals surface area contributed by atoms with Crippen molar-refractivity contribution < 1.29 is 14.3 Å². The monoisotopic (exact) mass is 269 g/mol. The highest BCUT2D eigenvalue weighted by Crippen LogP contribution is 2.21. The lowest BCUT2D eigenvalue weighted by Gasteiger charge is -2.02. The number of hydrogen-bond acceptors (Lipinski definition) is 2. The van der Waals surface area contributed by atoms with Crippen molar-refractivity contribution in [1.29, 1.82) is 0 Å². The second-order valence-electron chi connectivity index (χ2n) is 2.94. The molecule has 0 unspecified atom stereocenters. The molecule has 0 radical (unpaired) electrons. The topological polar surface area (TPSA) is 50.2 Å². The van der Waals surface area contributed by atoms with Crippen molar-refractivity contribution in [1.82, 2.24) is 4.98 Å². The molecule has 15 heavy (non-hydrogen) atoms. The van der Waals surface area contributed by atoms with E-state index in [2.05, 4.69) is 20.9 Å². The minimum Gasteiger partial charge on any atom is -0.478 e. The van der Waals surface area contributed by atoms with Crippen LogP contribution in [0.25, 0.3) is 10.9 Å². The van der Waals surface area contributed by atoms with Gasteiger partial charge >= 0.3 is 5.97 Å². The van der Waals surface area contributed by atoms with Gasteiger partial charge in [0.2, 0.25) is 0 Å². The Kier molecular flexibility index (Phi) is 2.40. The van der Waals surface area contributed by atoms with E-state index in [0.29, 0.717) is 9.99 Å². The van der Waals surface area contributed by atoms with Crippen molar-refractivity contribution in [2.45, 2.75) is 0 Å². The third kappa shape index (κ3) is 1.70. The molecule has 2 aromatic rings. The summed E-state index contributed by atoms with van der Waals surface area (Å²) in [5.74, 6) is -2.10. The molecule has 5 heteroatoms. The van der Waals surface area contributed by atoms with Gasteiger partial charge in [-0.25, -0.2) is 14.2 Å². The first-order valence-electron chi connectivity index (χ1n) is 4.07. The van der Waals surface area contributed by atoms with Gasteiger partial charge in [0, 0.05) is 5.39 Å². The second-order valence-corrected chi connectivity index (χ2v) is 3.75. The van der Waals surface area contributed by atoms with Crippen LogP contribution in [0.15, 0.2) is 28.9 Å². The van der Waals surface area contributed by atoms with Crippen LogP contribution < -0.4 is 0 Å². The summed E-state index contributed by atoms with van der Waals surface area (Å²) in [5.41, 5.74) is -0.308. The van der Waals surface area contributed by atoms with E-state index in [0.717, 1.165) is 0 Å². The van der Waals surface area contributed by atoms with Gasteiger partial charge in [0.05, 0.1) is 5.56 Å². The third-order valence-electron chi connectivity index (χ3n) is 2.00. The summed E-state index contributed by atoms with van der Waals surface area (Å²) in [6.07, 6.45) is 0. The molecule has 0 aliphatic rings. The Bertz CT molecular complexity index is 556. The zero-order valence-corrected chi connectivity index (χ0v) is 8.95. The number of carbonyl (C=O) groups is 1. The Labute approximate surface area is 92.7 Å². The number of hydrogen-bond donors (Lipinski definition) is 1. The molecule has 0 amide bonds. The lowest BCUT2D eigenvalue weighted by Crippen LogP contribution is -2.01. The normalized spacial score (nSPS) is 10.5. The minimum absolute atomic E-state index is 0.0595. The number of pyridine rings is 1. The summed E-state index contributed by atoms with van der Waals surface area (Å²) in [6.45, 7) is 0. The van der Waals surface area contributed by atoms with Crippen LogP contribution in [0.1, 0.15) is 10.4 Å². The van der Waals surface area contributed by atoms with E-state index in [4.69, 9.17) is 5.11 Å². The van der Waals surface area contributed by atoms with Crippen LogP contribution in [-0.2, 0) is 0 Å². The lowest BCUT2D eigenvalue weighted by atomic mass is 10.1. The Balaban J connectivity index is 2.82. The fourth-order valence-corrected chi connectivity index (χ4v) is 1.60. The highest BCUT2D eigenvalue weighted by molar-refractivity contribution is 9.10.